The summed E-state index contributed by atoms with van der Waals surface area (Å²) >= 11 is 0. The highest BCUT2D eigenvalue weighted by atomic mass is 16.5. The molecule has 2 aromatic rings. The SMILES string of the molecule is Cc1ccc(N2C(=O)c3ccc(C(=O)O[C@@H]4C[C@H](C)CC[C@H]4C(C)C)cc3C2=O)cc1. The van der Waals surface area contributed by atoms with E-state index in [1.54, 1.807) is 24.3 Å². The number of aryl methyl sites for hydroxylation is 1. The molecule has 0 aromatic heterocycles. The summed E-state index contributed by atoms with van der Waals surface area (Å²) < 4.78 is 5.92. The topological polar surface area (TPSA) is 63.7 Å². The van der Waals surface area contributed by atoms with Crippen LogP contribution in [0.3, 0.4) is 0 Å². The van der Waals surface area contributed by atoms with Gasteiger partial charge in [-0.1, -0.05) is 44.9 Å². The van der Waals surface area contributed by atoms with Gasteiger partial charge in [-0.3, -0.25) is 9.59 Å². The average Bonchev–Trinajstić information content (AvgIpc) is 2.98. The number of anilines is 1. The van der Waals surface area contributed by atoms with Crippen LogP contribution in [0.15, 0.2) is 42.5 Å². The van der Waals surface area contributed by atoms with Crippen LogP contribution in [0.2, 0.25) is 0 Å². The van der Waals surface area contributed by atoms with Gasteiger partial charge < -0.3 is 4.74 Å². The molecule has 0 radical (unpaired) electrons. The second-order valence-electron chi connectivity index (χ2n) is 9.31. The molecule has 5 heteroatoms. The zero-order valence-electron chi connectivity index (χ0n) is 18.6. The predicted molar refractivity (Wildman–Crippen MR) is 119 cm³/mol. The molecule has 1 heterocycles. The number of ether oxygens (including phenoxy) is 1. The van der Waals surface area contributed by atoms with Gasteiger partial charge in [-0.05, 0) is 67.9 Å². The monoisotopic (exact) mass is 419 g/mol. The van der Waals surface area contributed by atoms with Crippen molar-refractivity contribution in [2.24, 2.45) is 17.8 Å². The van der Waals surface area contributed by atoms with Crippen LogP contribution in [-0.2, 0) is 4.74 Å². The van der Waals surface area contributed by atoms with Crippen molar-refractivity contribution in [2.75, 3.05) is 4.90 Å². The van der Waals surface area contributed by atoms with E-state index in [1.807, 2.05) is 19.1 Å². The van der Waals surface area contributed by atoms with E-state index in [9.17, 15) is 14.4 Å². The van der Waals surface area contributed by atoms with Crippen molar-refractivity contribution in [3.8, 4) is 0 Å². The van der Waals surface area contributed by atoms with Crippen molar-refractivity contribution in [3.63, 3.8) is 0 Å². The van der Waals surface area contributed by atoms with Gasteiger partial charge in [-0.2, -0.15) is 0 Å². The van der Waals surface area contributed by atoms with Crippen LogP contribution in [0.1, 0.15) is 76.7 Å². The summed E-state index contributed by atoms with van der Waals surface area (Å²) in [6.45, 7) is 8.47. The second-order valence-corrected chi connectivity index (χ2v) is 9.31. The van der Waals surface area contributed by atoms with Gasteiger partial charge in [0, 0.05) is 0 Å². The fourth-order valence-electron chi connectivity index (χ4n) is 4.75. The molecular formula is C26H29NO4. The van der Waals surface area contributed by atoms with Gasteiger partial charge in [0.25, 0.3) is 11.8 Å². The van der Waals surface area contributed by atoms with Crippen LogP contribution in [-0.4, -0.2) is 23.9 Å². The minimum atomic E-state index is -0.429. The van der Waals surface area contributed by atoms with E-state index in [0.717, 1.165) is 29.7 Å². The summed E-state index contributed by atoms with van der Waals surface area (Å²) in [6, 6.07) is 11.9. The fourth-order valence-corrected chi connectivity index (χ4v) is 4.75. The van der Waals surface area contributed by atoms with Gasteiger partial charge in [0.15, 0.2) is 0 Å². The number of rotatable bonds is 4. The van der Waals surface area contributed by atoms with Crippen LogP contribution >= 0.6 is 0 Å². The number of hydrogen-bond acceptors (Lipinski definition) is 4. The number of esters is 1. The quantitative estimate of drug-likeness (QED) is 0.491. The molecule has 31 heavy (non-hydrogen) atoms. The lowest BCUT2D eigenvalue weighted by atomic mass is 9.75. The highest BCUT2D eigenvalue weighted by Gasteiger charge is 2.38. The molecule has 2 aliphatic rings. The largest absolute Gasteiger partial charge is 0.458 e. The number of amides is 2. The van der Waals surface area contributed by atoms with Crippen molar-refractivity contribution in [1.29, 1.82) is 0 Å². The molecule has 5 nitrogen and oxygen atoms in total. The summed E-state index contributed by atoms with van der Waals surface area (Å²) in [4.78, 5) is 39.9. The lowest BCUT2D eigenvalue weighted by molar-refractivity contribution is -0.0174. The first-order valence-electron chi connectivity index (χ1n) is 11.1. The Kier molecular flexibility index (Phi) is 5.69. The normalized spacial score (nSPS) is 23.3. The van der Waals surface area contributed by atoms with Gasteiger partial charge in [0.05, 0.1) is 22.4 Å². The summed E-state index contributed by atoms with van der Waals surface area (Å²) in [5.74, 6) is 0.0914. The molecule has 0 saturated heterocycles. The van der Waals surface area contributed by atoms with E-state index in [0.29, 0.717) is 34.6 Å². The lowest BCUT2D eigenvalue weighted by Gasteiger charge is -2.36. The van der Waals surface area contributed by atoms with Crippen LogP contribution < -0.4 is 4.90 Å². The number of carbonyl (C=O) groups excluding carboxylic acids is 3. The van der Waals surface area contributed by atoms with E-state index in [1.165, 1.54) is 6.07 Å². The summed E-state index contributed by atoms with van der Waals surface area (Å²) in [7, 11) is 0. The Hall–Kier alpha value is -2.95. The third-order valence-electron chi connectivity index (χ3n) is 6.63. The maximum absolute atomic E-state index is 13.0. The Balaban J connectivity index is 1.57. The molecule has 162 valence electrons. The molecule has 1 fully saturated rings. The predicted octanol–water partition coefficient (Wildman–Crippen LogP) is 5.41. The fraction of sp³-hybridized carbons (Fsp3) is 0.423. The number of hydrogen-bond donors (Lipinski definition) is 0. The minimum Gasteiger partial charge on any atom is -0.458 e. The molecule has 2 amide bonds. The number of fused-ring (bicyclic) bond motifs is 1. The number of carbonyl (C=O) groups is 3. The Morgan fingerprint density at radius 3 is 2.35 bits per heavy atom. The van der Waals surface area contributed by atoms with Gasteiger partial charge in [0.2, 0.25) is 0 Å². The summed E-state index contributed by atoms with van der Waals surface area (Å²) in [6.07, 6.45) is 2.95. The van der Waals surface area contributed by atoms with E-state index >= 15 is 0 Å². The molecule has 1 aliphatic heterocycles. The first-order chi connectivity index (χ1) is 14.8. The van der Waals surface area contributed by atoms with Crippen molar-refractivity contribution < 1.29 is 19.1 Å². The summed E-state index contributed by atoms with van der Waals surface area (Å²) in [5, 5.41) is 0. The zero-order chi connectivity index (χ0) is 22.3. The first kappa shape index (κ1) is 21.3. The van der Waals surface area contributed by atoms with Gasteiger partial charge in [0.1, 0.15) is 6.10 Å². The molecule has 2 aromatic carbocycles. The standard InChI is InChI=1S/C26H29NO4/c1-15(2)20-11-7-17(4)13-23(20)31-26(30)18-8-12-21-22(14-18)25(29)27(24(21)28)19-9-5-16(3)6-10-19/h5-6,8-10,12,14-15,17,20,23H,7,11,13H2,1-4H3/t17-,20+,23-/m1/s1. The Morgan fingerprint density at radius 2 is 1.68 bits per heavy atom. The molecule has 1 aliphatic carbocycles. The third-order valence-corrected chi connectivity index (χ3v) is 6.63. The van der Waals surface area contributed by atoms with Gasteiger partial charge in [-0.15, -0.1) is 0 Å². The average molecular weight is 420 g/mol. The van der Waals surface area contributed by atoms with E-state index in [-0.39, 0.29) is 17.6 Å². The minimum absolute atomic E-state index is 0.120. The Morgan fingerprint density at radius 1 is 1.00 bits per heavy atom. The molecule has 4 rings (SSSR count). The highest BCUT2D eigenvalue weighted by molar-refractivity contribution is 6.34. The molecule has 3 atom stereocenters. The molecule has 0 unspecified atom stereocenters. The molecule has 0 spiro atoms. The van der Waals surface area contributed by atoms with Gasteiger partial charge in [-0.25, -0.2) is 9.69 Å². The number of nitrogens with zero attached hydrogens (tertiary/aromatic N) is 1. The Labute approximate surface area is 183 Å². The van der Waals surface area contributed by atoms with Crippen molar-refractivity contribution in [3.05, 3.63) is 64.7 Å². The van der Waals surface area contributed by atoms with Crippen molar-refractivity contribution in [2.45, 2.75) is 53.1 Å². The molecule has 0 bridgehead atoms. The molecule has 0 N–H and O–H groups in total. The zero-order valence-corrected chi connectivity index (χ0v) is 18.6. The maximum atomic E-state index is 13.0. The van der Waals surface area contributed by atoms with Crippen LogP contribution in [0.5, 0.6) is 0 Å². The van der Waals surface area contributed by atoms with Crippen LogP contribution in [0.25, 0.3) is 0 Å². The number of imide groups is 1. The second kappa shape index (κ2) is 8.29. The van der Waals surface area contributed by atoms with E-state index in [2.05, 4.69) is 20.8 Å². The van der Waals surface area contributed by atoms with E-state index < -0.39 is 11.9 Å². The highest BCUT2D eigenvalue weighted by Crippen LogP contribution is 2.36. The summed E-state index contributed by atoms with van der Waals surface area (Å²) in [5.41, 5.74) is 2.44. The number of benzene rings is 2. The smallest absolute Gasteiger partial charge is 0.338 e. The van der Waals surface area contributed by atoms with Crippen molar-refractivity contribution in [1.82, 2.24) is 0 Å². The molecular weight excluding hydrogens is 390 g/mol. The van der Waals surface area contributed by atoms with Gasteiger partial charge >= 0.3 is 5.97 Å². The van der Waals surface area contributed by atoms with Crippen LogP contribution in [0.4, 0.5) is 5.69 Å². The molecule has 1 saturated carbocycles. The maximum Gasteiger partial charge on any atom is 0.338 e. The lowest BCUT2D eigenvalue weighted by Crippen LogP contribution is -2.35. The first-order valence-corrected chi connectivity index (χ1v) is 11.1. The Bertz CT molecular complexity index is 1020. The third kappa shape index (κ3) is 4.01. The van der Waals surface area contributed by atoms with E-state index in [4.69, 9.17) is 4.74 Å². The van der Waals surface area contributed by atoms with Crippen molar-refractivity contribution >= 4 is 23.5 Å². The van der Waals surface area contributed by atoms with Crippen LogP contribution in [0, 0.1) is 24.7 Å².